The van der Waals surface area contributed by atoms with Crippen LogP contribution in [0.15, 0.2) is 42.7 Å². The second-order valence-corrected chi connectivity index (χ2v) is 8.91. The number of aromatic nitrogens is 4. The van der Waals surface area contributed by atoms with Gasteiger partial charge in [-0.2, -0.15) is 5.10 Å². The van der Waals surface area contributed by atoms with E-state index in [0.717, 1.165) is 23.6 Å². The lowest BCUT2D eigenvalue weighted by Crippen LogP contribution is -2.16. The van der Waals surface area contributed by atoms with E-state index in [1.807, 2.05) is 25.4 Å². The molecule has 2 atom stereocenters. The van der Waals surface area contributed by atoms with Crippen molar-refractivity contribution in [2.24, 2.45) is 7.05 Å². The van der Waals surface area contributed by atoms with Crippen LogP contribution in [0.2, 0.25) is 0 Å². The number of aryl methyl sites for hydroxylation is 2. The normalized spacial score (nSPS) is 16.6. The van der Waals surface area contributed by atoms with Gasteiger partial charge in [0.1, 0.15) is 29.3 Å². The van der Waals surface area contributed by atoms with E-state index in [1.54, 1.807) is 24.7 Å². The summed E-state index contributed by atoms with van der Waals surface area (Å²) in [6, 6.07) is 7.15. The van der Waals surface area contributed by atoms with Gasteiger partial charge < -0.3 is 14.8 Å². The predicted octanol–water partition coefficient (Wildman–Crippen LogP) is 5.76. The van der Waals surface area contributed by atoms with Gasteiger partial charge in [-0.1, -0.05) is 18.2 Å². The number of halogens is 3. The molecule has 3 heterocycles. The van der Waals surface area contributed by atoms with Crippen molar-refractivity contribution in [2.45, 2.75) is 38.8 Å². The first kappa shape index (κ1) is 24.1. The lowest BCUT2D eigenvalue weighted by Gasteiger charge is -2.20. The maximum Gasteiger partial charge on any atom is 0.266 e. The minimum absolute atomic E-state index is 0.0919. The van der Waals surface area contributed by atoms with Crippen molar-refractivity contribution >= 4 is 16.7 Å². The second kappa shape index (κ2) is 9.77. The van der Waals surface area contributed by atoms with Gasteiger partial charge in [-0.25, -0.2) is 23.1 Å². The fourth-order valence-electron chi connectivity index (χ4n) is 4.40. The summed E-state index contributed by atoms with van der Waals surface area (Å²) in [5.41, 5.74) is 1.87. The highest BCUT2D eigenvalue weighted by atomic mass is 19.3. The first-order chi connectivity index (χ1) is 17.3. The molecule has 10 heteroatoms. The van der Waals surface area contributed by atoms with E-state index < -0.39 is 23.8 Å². The highest BCUT2D eigenvalue weighted by Crippen LogP contribution is 2.38. The summed E-state index contributed by atoms with van der Waals surface area (Å²) in [6.45, 7) is 4.60. The zero-order valence-electron chi connectivity index (χ0n) is 20.1. The number of alkyl halides is 2. The van der Waals surface area contributed by atoms with Gasteiger partial charge in [0.15, 0.2) is 0 Å². The number of nitrogens with zero attached hydrogens (tertiary/aromatic N) is 4. The minimum Gasteiger partial charge on any atom is -0.487 e. The van der Waals surface area contributed by atoms with Crippen LogP contribution in [0.1, 0.15) is 42.8 Å². The molecule has 188 valence electrons. The Hall–Kier alpha value is -3.66. The quantitative estimate of drug-likeness (QED) is 0.350. The monoisotopic (exact) mass is 497 g/mol. The van der Waals surface area contributed by atoms with Gasteiger partial charge in [0.2, 0.25) is 0 Å². The van der Waals surface area contributed by atoms with E-state index in [0.29, 0.717) is 41.5 Å². The first-order valence-corrected chi connectivity index (χ1v) is 11.7. The summed E-state index contributed by atoms with van der Waals surface area (Å²) in [5, 5.41) is 8.15. The van der Waals surface area contributed by atoms with Gasteiger partial charge in [-0.3, -0.25) is 4.68 Å². The molecule has 0 saturated carbocycles. The van der Waals surface area contributed by atoms with Gasteiger partial charge in [0.05, 0.1) is 36.5 Å². The summed E-state index contributed by atoms with van der Waals surface area (Å²) in [6.07, 6.45) is 1.44. The first-order valence-electron chi connectivity index (χ1n) is 11.7. The van der Waals surface area contributed by atoms with Crippen LogP contribution in [0, 0.1) is 12.7 Å². The summed E-state index contributed by atoms with van der Waals surface area (Å²) in [4.78, 5) is 9.15. The van der Waals surface area contributed by atoms with Crippen LogP contribution in [0.3, 0.4) is 0 Å². The average molecular weight is 498 g/mol. The van der Waals surface area contributed by atoms with Crippen molar-refractivity contribution < 1.29 is 22.6 Å². The van der Waals surface area contributed by atoms with E-state index in [1.165, 1.54) is 12.1 Å². The van der Waals surface area contributed by atoms with Crippen molar-refractivity contribution in [1.82, 2.24) is 19.7 Å². The highest BCUT2D eigenvalue weighted by Gasteiger charge is 2.23. The number of rotatable bonds is 7. The SMILES string of the molecule is Cc1nc(N[C@H](C)c2cccc(C(F)F)c2F)c2cc(OC3CCOC3)c(-c3cnn(C)c3)cc2n1. The Morgan fingerprint density at radius 2 is 2.00 bits per heavy atom. The molecule has 0 bridgehead atoms. The number of anilines is 1. The lowest BCUT2D eigenvalue weighted by atomic mass is 10.0. The summed E-state index contributed by atoms with van der Waals surface area (Å²) in [7, 11) is 1.84. The summed E-state index contributed by atoms with van der Waals surface area (Å²) in [5.74, 6) is 0.665. The lowest BCUT2D eigenvalue weighted by molar-refractivity contribution is 0.142. The molecule has 0 spiro atoms. The van der Waals surface area contributed by atoms with Crippen molar-refractivity contribution in [3.8, 4) is 16.9 Å². The second-order valence-electron chi connectivity index (χ2n) is 8.91. The molecule has 2 aromatic heterocycles. The zero-order chi connectivity index (χ0) is 25.4. The Morgan fingerprint density at radius 3 is 2.69 bits per heavy atom. The van der Waals surface area contributed by atoms with Gasteiger partial charge in [-0.15, -0.1) is 0 Å². The van der Waals surface area contributed by atoms with Crippen LogP contribution in [0.25, 0.3) is 22.0 Å². The highest BCUT2D eigenvalue weighted by molar-refractivity contribution is 5.95. The molecule has 36 heavy (non-hydrogen) atoms. The third-order valence-corrected chi connectivity index (χ3v) is 6.22. The smallest absolute Gasteiger partial charge is 0.266 e. The topological polar surface area (TPSA) is 74.1 Å². The number of hydrogen-bond acceptors (Lipinski definition) is 6. The number of fused-ring (bicyclic) bond motifs is 1. The number of ether oxygens (including phenoxy) is 2. The third-order valence-electron chi connectivity index (χ3n) is 6.22. The Bertz CT molecular complexity index is 1400. The van der Waals surface area contributed by atoms with Crippen LogP contribution in [-0.2, 0) is 11.8 Å². The molecule has 1 saturated heterocycles. The minimum atomic E-state index is -2.90. The molecule has 4 aromatic rings. The summed E-state index contributed by atoms with van der Waals surface area (Å²) >= 11 is 0. The average Bonchev–Trinajstić information content (AvgIpc) is 3.50. The maximum absolute atomic E-state index is 14.8. The van der Waals surface area contributed by atoms with E-state index >= 15 is 0 Å². The van der Waals surface area contributed by atoms with Crippen LogP contribution in [0.4, 0.5) is 19.0 Å². The molecule has 7 nitrogen and oxygen atoms in total. The molecular weight excluding hydrogens is 471 g/mol. The molecule has 0 aliphatic carbocycles. The molecule has 1 aliphatic rings. The third kappa shape index (κ3) is 4.73. The van der Waals surface area contributed by atoms with Crippen molar-refractivity contribution in [3.05, 3.63) is 65.5 Å². The fourth-order valence-corrected chi connectivity index (χ4v) is 4.40. The van der Waals surface area contributed by atoms with Crippen molar-refractivity contribution in [1.29, 1.82) is 0 Å². The van der Waals surface area contributed by atoms with Crippen molar-refractivity contribution in [2.75, 3.05) is 18.5 Å². The predicted molar refractivity (Wildman–Crippen MR) is 130 cm³/mol. The van der Waals surface area contributed by atoms with Crippen LogP contribution < -0.4 is 10.1 Å². The van der Waals surface area contributed by atoms with E-state index in [-0.39, 0.29) is 11.7 Å². The van der Waals surface area contributed by atoms with E-state index in [9.17, 15) is 13.2 Å². The molecule has 2 aromatic carbocycles. The Balaban J connectivity index is 1.58. The zero-order valence-corrected chi connectivity index (χ0v) is 20.1. The standard InChI is InChI=1S/C26H26F3N5O2/c1-14(18-5-4-6-19(24(18)27)25(28)29)31-26-21-10-23(36-17-7-8-35-13-17)20(16-11-30-34(3)12-16)9-22(21)32-15(2)33-26/h4-6,9-12,14,17,25H,7-8,13H2,1-3H3,(H,31,32,33)/t14-,17?/m1/s1. The molecule has 1 N–H and O–H groups in total. The van der Waals surface area contributed by atoms with Crippen molar-refractivity contribution in [3.63, 3.8) is 0 Å². The largest absolute Gasteiger partial charge is 0.487 e. The van der Waals surface area contributed by atoms with Crippen LogP contribution >= 0.6 is 0 Å². The Labute approximate surface area is 206 Å². The van der Waals surface area contributed by atoms with Gasteiger partial charge >= 0.3 is 0 Å². The molecule has 1 fully saturated rings. The Kier molecular flexibility index (Phi) is 6.53. The molecule has 5 rings (SSSR count). The van der Waals surface area contributed by atoms with Gasteiger partial charge in [0.25, 0.3) is 6.43 Å². The number of benzene rings is 2. The molecule has 0 amide bonds. The maximum atomic E-state index is 14.8. The number of hydrogen-bond donors (Lipinski definition) is 1. The number of nitrogens with one attached hydrogen (secondary N) is 1. The van der Waals surface area contributed by atoms with Gasteiger partial charge in [-0.05, 0) is 26.0 Å². The van der Waals surface area contributed by atoms with Crippen LogP contribution in [0.5, 0.6) is 5.75 Å². The molecule has 1 aliphatic heterocycles. The van der Waals surface area contributed by atoms with E-state index in [4.69, 9.17) is 9.47 Å². The Morgan fingerprint density at radius 1 is 1.19 bits per heavy atom. The fraction of sp³-hybridized carbons (Fsp3) is 0.346. The summed E-state index contributed by atoms with van der Waals surface area (Å²) < 4.78 is 54.8. The van der Waals surface area contributed by atoms with Gasteiger partial charge in [0, 0.05) is 41.7 Å². The molecule has 0 radical (unpaired) electrons. The molecular formula is C26H26F3N5O2. The van der Waals surface area contributed by atoms with E-state index in [2.05, 4.69) is 20.4 Å². The van der Waals surface area contributed by atoms with Crippen LogP contribution in [-0.4, -0.2) is 39.1 Å². The molecule has 1 unspecified atom stereocenters.